The van der Waals surface area contributed by atoms with Gasteiger partial charge >= 0.3 is 5.97 Å². The lowest BCUT2D eigenvalue weighted by Crippen LogP contribution is -2.49. The molecule has 7 nitrogen and oxygen atoms in total. The zero-order valence-corrected chi connectivity index (χ0v) is 10.2. The van der Waals surface area contributed by atoms with E-state index in [0.717, 1.165) is 0 Å². The summed E-state index contributed by atoms with van der Waals surface area (Å²) >= 11 is 0. The van der Waals surface area contributed by atoms with E-state index in [2.05, 4.69) is 0 Å². The molecule has 0 bridgehead atoms. The standard InChI is InChI=1S/C9H15N3O4S/c10-2-8-17(15,16)12-6-4-11(5-7-12)3-1-9(13)14/h1,3-8H2,(H,13,14). The monoisotopic (exact) mass is 261 g/mol. The predicted octanol–water partition coefficient (Wildman–Crippen LogP) is -1.07. The Kier molecular flexibility index (Phi) is 4.86. The van der Waals surface area contributed by atoms with Crippen molar-refractivity contribution in [1.29, 1.82) is 5.26 Å². The molecule has 0 aromatic rings. The molecular formula is C9H15N3O4S. The number of hydrogen-bond acceptors (Lipinski definition) is 5. The molecule has 0 saturated carbocycles. The van der Waals surface area contributed by atoms with Gasteiger partial charge in [-0.05, 0) is 0 Å². The normalized spacial score (nSPS) is 18.8. The van der Waals surface area contributed by atoms with Crippen LogP contribution >= 0.6 is 0 Å². The van der Waals surface area contributed by atoms with E-state index < -0.39 is 21.7 Å². The van der Waals surface area contributed by atoms with Crippen molar-refractivity contribution in [2.24, 2.45) is 0 Å². The number of piperazine rings is 1. The highest BCUT2D eigenvalue weighted by Crippen LogP contribution is 2.08. The van der Waals surface area contributed by atoms with Crippen LogP contribution < -0.4 is 0 Å². The number of nitriles is 1. The maximum absolute atomic E-state index is 11.5. The highest BCUT2D eigenvalue weighted by molar-refractivity contribution is 7.89. The van der Waals surface area contributed by atoms with Crippen LogP contribution in [0.4, 0.5) is 0 Å². The topological polar surface area (TPSA) is 102 Å². The fourth-order valence-electron chi connectivity index (χ4n) is 1.66. The molecule has 0 spiro atoms. The number of hydrogen-bond donors (Lipinski definition) is 1. The molecule has 1 aliphatic heterocycles. The Labute approximate surface area is 100 Å². The molecule has 0 atom stereocenters. The van der Waals surface area contributed by atoms with E-state index in [0.29, 0.717) is 32.7 Å². The van der Waals surface area contributed by atoms with Gasteiger partial charge in [0.05, 0.1) is 12.5 Å². The summed E-state index contributed by atoms with van der Waals surface area (Å²) in [6, 6.07) is 1.64. The van der Waals surface area contributed by atoms with Crippen LogP contribution in [0.1, 0.15) is 6.42 Å². The Morgan fingerprint density at radius 2 is 1.88 bits per heavy atom. The predicted molar refractivity (Wildman–Crippen MR) is 59.7 cm³/mol. The zero-order valence-electron chi connectivity index (χ0n) is 9.37. The second-order valence-corrected chi connectivity index (χ2v) is 5.77. The molecule has 0 radical (unpaired) electrons. The van der Waals surface area contributed by atoms with Crippen LogP contribution in [0.2, 0.25) is 0 Å². The summed E-state index contributed by atoms with van der Waals surface area (Å²) in [6.45, 7) is 2.10. The van der Waals surface area contributed by atoms with Crippen LogP contribution in [0.3, 0.4) is 0 Å². The van der Waals surface area contributed by atoms with Gasteiger partial charge in [-0.15, -0.1) is 0 Å². The van der Waals surface area contributed by atoms with Gasteiger partial charge < -0.3 is 10.0 Å². The summed E-state index contributed by atoms with van der Waals surface area (Å²) in [4.78, 5) is 12.3. The van der Waals surface area contributed by atoms with Crippen LogP contribution in [-0.2, 0) is 14.8 Å². The number of carbonyl (C=O) groups is 1. The van der Waals surface area contributed by atoms with Gasteiger partial charge in [-0.3, -0.25) is 4.79 Å². The first-order chi connectivity index (χ1) is 7.95. The molecule has 1 N–H and O–H groups in total. The van der Waals surface area contributed by atoms with E-state index >= 15 is 0 Å². The van der Waals surface area contributed by atoms with Crippen molar-refractivity contribution >= 4 is 16.0 Å². The lowest BCUT2D eigenvalue weighted by molar-refractivity contribution is -0.137. The van der Waals surface area contributed by atoms with Gasteiger partial charge in [-0.1, -0.05) is 0 Å². The molecule has 0 amide bonds. The van der Waals surface area contributed by atoms with Crippen molar-refractivity contribution < 1.29 is 18.3 Å². The van der Waals surface area contributed by atoms with Crippen molar-refractivity contribution in [3.63, 3.8) is 0 Å². The van der Waals surface area contributed by atoms with Crippen molar-refractivity contribution in [3.8, 4) is 6.07 Å². The first kappa shape index (κ1) is 13.9. The second kappa shape index (κ2) is 5.95. The van der Waals surface area contributed by atoms with Gasteiger partial charge in [0.25, 0.3) is 0 Å². The largest absolute Gasteiger partial charge is 0.481 e. The van der Waals surface area contributed by atoms with Crippen LogP contribution in [0.15, 0.2) is 0 Å². The maximum Gasteiger partial charge on any atom is 0.304 e. The molecule has 1 aliphatic rings. The molecule has 17 heavy (non-hydrogen) atoms. The fourth-order valence-corrected chi connectivity index (χ4v) is 2.72. The Balaban J connectivity index is 2.41. The smallest absolute Gasteiger partial charge is 0.304 e. The zero-order chi connectivity index (χ0) is 12.9. The number of rotatable bonds is 5. The Morgan fingerprint density at radius 3 is 2.35 bits per heavy atom. The molecule has 96 valence electrons. The number of carboxylic acid groups (broad SMARTS) is 1. The van der Waals surface area contributed by atoms with E-state index in [1.165, 1.54) is 4.31 Å². The molecule has 0 aliphatic carbocycles. The van der Waals surface area contributed by atoms with E-state index in [4.69, 9.17) is 10.4 Å². The molecule has 1 fully saturated rings. The summed E-state index contributed by atoms with van der Waals surface area (Å²) in [5.41, 5.74) is 0. The number of aliphatic carboxylic acids is 1. The van der Waals surface area contributed by atoms with Crippen molar-refractivity contribution in [2.75, 3.05) is 38.5 Å². The van der Waals surface area contributed by atoms with Crippen molar-refractivity contribution in [2.45, 2.75) is 6.42 Å². The molecule has 0 aromatic heterocycles. The third-order valence-electron chi connectivity index (χ3n) is 2.61. The van der Waals surface area contributed by atoms with E-state index in [1.54, 1.807) is 6.07 Å². The van der Waals surface area contributed by atoms with Crippen molar-refractivity contribution in [1.82, 2.24) is 9.21 Å². The third-order valence-corrected chi connectivity index (χ3v) is 4.26. The summed E-state index contributed by atoms with van der Waals surface area (Å²) in [6.07, 6.45) is 0.0605. The maximum atomic E-state index is 11.5. The summed E-state index contributed by atoms with van der Waals surface area (Å²) < 4.78 is 24.4. The quantitative estimate of drug-likeness (QED) is 0.676. The molecule has 1 heterocycles. The fraction of sp³-hybridized carbons (Fsp3) is 0.778. The minimum atomic E-state index is -3.46. The van der Waals surface area contributed by atoms with Crippen LogP contribution in [0, 0.1) is 11.3 Å². The lowest BCUT2D eigenvalue weighted by atomic mass is 10.3. The molecular weight excluding hydrogens is 246 g/mol. The Hall–Kier alpha value is -1.17. The van der Waals surface area contributed by atoms with Crippen LogP contribution in [0.5, 0.6) is 0 Å². The Morgan fingerprint density at radius 1 is 1.29 bits per heavy atom. The van der Waals surface area contributed by atoms with Crippen LogP contribution in [0.25, 0.3) is 0 Å². The number of nitrogens with zero attached hydrogens (tertiary/aromatic N) is 3. The van der Waals surface area contributed by atoms with E-state index in [9.17, 15) is 13.2 Å². The molecule has 1 saturated heterocycles. The van der Waals surface area contributed by atoms with Gasteiger partial charge in [0.15, 0.2) is 5.75 Å². The average Bonchev–Trinajstić information content (AvgIpc) is 2.27. The van der Waals surface area contributed by atoms with Gasteiger partial charge in [0.2, 0.25) is 10.0 Å². The van der Waals surface area contributed by atoms with Gasteiger partial charge in [-0.2, -0.15) is 9.57 Å². The minimum absolute atomic E-state index is 0.0605. The summed E-state index contributed by atoms with van der Waals surface area (Å²) in [5.74, 6) is -1.35. The SMILES string of the molecule is N#CCS(=O)(=O)N1CCN(CCC(=O)O)CC1. The average molecular weight is 261 g/mol. The molecule has 0 aromatic carbocycles. The lowest BCUT2D eigenvalue weighted by Gasteiger charge is -2.33. The molecule has 1 rings (SSSR count). The number of sulfonamides is 1. The third kappa shape index (κ3) is 4.30. The first-order valence-corrected chi connectivity index (χ1v) is 6.85. The summed E-state index contributed by atoms with van der Waals surface area (Å²) in [7, 11) is -3.46. The Bertz CT molecular complexity index is 406. The van der Waals surface area contributed by atoms with E-state index in [-0.39, 0.29) is 6.42 Å². The molecule has 8 heteroatoms. The molecule has 0 unspecified atom stereocenters. The summed E-state index contributed by atoms with van der Waals surface area (Å²) in [5, 5.41) is 16.9. The minimum Gasteiger partial charge on any atom is -0.481 e. The highest BCUT2D eigenvalue weighted by Gasteiger charge is 2.26. The van der Waals surface area contributed by atoms with Gasteiger partial charge in [-0.25, -0.2) is 8.42 Å². The van der Waals surface area contributed by atoms with Crippen LogP contribution in [-0.4, -0.2) is 67.2 Å². The second-order valence-electron chi connectivity index (χ2n) is 3.80. The van der Waals surface area contributed by atoms with Gasteiger partial charge in [0.1, 0.15) is 0 Å². The van der Waals surface area contributed by atoms with Crippen molar-refractivity contribution in [3.05, 3.63) is 0 Å². The van der Waals surface area contributed by atoms with Gasteiger partial charge in [0, 0.05) is 32.7 Å². The van der Waals surface area contributed by atoms with E-state index in [1.807, 2.05) is 4.90 Å². The highest BCUT2D eigenvalue weighted by atomic mass is 32.2. The first-order valence-electron chi connectivity index (χ1n) is 5.24. The number of carboxylic acids is 1.